The Morgan fingerprint density at radius 1 is 1.44 bits per heavy atom. The molecular formula is C5H9BrO2Zn. The van der Waals surface area contributed by atoms with Crippen molar-refractivity contribution in [1.82, 2.24) is 0 Å². The predicted molar refractivity (Wildman–Crippen MR) is 35.5 cm³/mol. The van der Waals surface area contributed by atoms with E-state index in [4.69, 9.17) is 0 Å². The zero-order valence-corrected chi connectivity index (χ0v) is 10.5. The van der Waals surface area contributed by atoms with Crippen LogP contribution in [-0.4, -0.2) is 12.1 Å². The second-order valence-corrected chi connectivity index (χ2v) is 2.30. The summed E-state index contributed by atoms with van der Waals surface area (Å²) in [6.07, 6.45) is 0. The molecule has 0 heterocycles. The minimum atomic E-state index is -0.373. The minimum absolute atomic E-state index is 0.373. The standard InChI is InChI=1S/C5H9O2.BrH.Zn/c1-5(2,3)7-4-6;;/h1-3H3;1H;/q-1;;+2/p-1. The van der Waals surface area contributed by atoms with Gasteiger partial charge < -0.3 is 9.53 Å². The van der Waals surface area contributed by atoms with E-state index < -0.39 is 0 Å². The monoisotopic (exact) mass is 244 g/mol. The molecule has 0 bridgehead atoms. The molecule has 0 amide bonds. The van der Waals surface area contributed by atoms with Crippen LogP contribution in [0.1, 0.15) is 20.8 Å². The summed E-state index contributed by atoms with van der Waals surface area (Å²) in [7, 11) is 0. The average Bonchev–Trinajstić information content (AvgIpc) is 1.69. The van der Waals surface area contributed by atoms with Gasteiger partial charge in [-0.25, -0.2) is 0 Å². The van der Waals surface area contributed by atoms with Crippen molar-refractivity contribution in [3.63, 3.8) is 0 Å². The Labute approximate surface area is 72.4 Å². The third-order valence-electron chi connectivity index (χ3n) is 0.348. The van der Waals surface area contributed by atoms with Crippen molar-refractivity contribution in [3.8, 4) is 0 Å². The molecule has 0 N–H and O–H groups in total. The third-order valence-corrected chi connectivity index (χ3v) is 0.348. The molecule has 0 spiro atoms. The molecule has 0 atom stereocenters. The molecule has 0 aromatic rings. The van der Waals surface area contributed by atoms with Gasteiger partial charge in [-0.15, -0.1) is 0 Å². The van der Waals surface area contributed by atoms with E-state index in [1.807, 2.05) is 0 Å². The molecule has 0 aromatic heterocycles. The van der Waals surface area contributed by atoms with Crippen LogP contribution >= 0.6 is 13.6 Å². The van der Waals surface area contributed by atoms with Crippen molar-refractivity contribution in [1.29, 1.82) is 0 Å². The number of hydrogen-bond donors (Lipinski definition) is 0. The van der Waals surface area contributed by atoms with Crippen molar-refractivity contribution >= 4 is 20.1 Å². The van der Waals surface area contributed by atoms with Crippen molar-refractivity contribution < 1.29 is 25.9 Å². The first-order valence-corrected chi connectivity index (χ1v) is 9.33. The van der Waals surface area contributed by atoms with Gasteiger partial charge in [-0.2, -0.15) is 0 Å². The Balaban J connectivity index is 0. The van der Waals surface area contributed by atoms with Gasteiger partial charge in [0.25, 0.3) is 0 Å². The molecule has 0 saturated carbocycles. The predicted octanol–water partition coefficient (Wildman–Crippen LogP) is 1.71. The fourth-order valence-corrected chi connectivity index (χ4v) is 0.125. The van der Waals surface area contributed by atoms with Crippen LogP contribution in [0.15, 0.2) is 0 Å². The van der Waals surface area contributed by atoms with Crippen molar-refractivity contribution in [2.75, 3.05) is 0 Å². The van der Waals surface area contributed by atoms with Crippen LogP contribution in [0, 0.1) is 0 Å². The molecule has 0 saturated heterocycles. The van der Waals surface area contributed by atoms with E-state index >= 15 is 0 Å². The van der Waals surface area contributed by atoms with E-state index in [0.29, 0.717) is 0 Å². The Morgan fingerprint density at radius 2 is 1.78 bits per heavy atom. The summed E-state index contributed by atoms with van der Waals surface area (Å²) < 4.78 is 4.42. The zero-order chi connectivity index (χ0) is 7.91. The molecule has 0 fully saturated rings. The summed E-state index contributed by atoms with van der Waals surface area (Å²) in [4.78, 5) is 9.47. The molecule has 9 heavy (non-hydrogen) atoms. The fourth-order valence-electron chi connectivity index (χ4n) is 0.125. The van der Waals surface area contributed by atoms with Crippen LogP contribution in [0.2, 0.25) is 0 Å². The van der Waals surface area contributed by atoms with Gasteiger partial charge in [0.1, 0.15) is 0 Å². The van der Waals surface area contributed by atoms with Crippen LogP contribution in [-0.2, 0) is 25.9 Å². The van der Waals surface area contributed by atoms with E-state index in [1.165, 1.54) is 22.8 Å². The van der Waals surface area contributed by atoms with Crippen LogP contribution < -0.4 is 0 Å². The number of halogens is 1. The van der Waals surface area contributed by atoms with E-state index in [1.54, 1.807) is 20.8 Å². The zero-order valence-electron chi connectivity index (χ0n) is 5.90. The Morgan fingerprint density at radius 3 is 1.78 bits per heavy atom. The summed E-state index contributed by atoms with van der Waals surface area (Å²) in [5.41, 5.74) is -0.373. The second-order valence-electron chi connectivity index (χ2n) is 2.30. The first-order valence-electron chi connectivity index (χ1n) is 2.38. The van der Waals surface area contributed by atoms with Gasteiger partial charge in [-0.1, -0.05) is 6.47 Å². The van der Waals surface area contributed by atoms with Crippen LogP contribution in [0.25, 0.3) is 0 Å². The van der Waals surface area contributed by atoms with Gasteiger partial charge >= 0.3 is 30.0 Å². The van der Waals surface area contributed by atoms with Crippen molar-refractivity contribution in [2.45, 2.75) is 26.4 Å². The van der Waals surface area contributed by atoms with Gasteiger partial charge in [0.2, 0.25) is 0 Å². The molecule has 2 nitrogen and oxygen atoms in total. The SMILES string of the molecule is CC(C)(C)O[C-]=O.[Zn+][Br]. The van der Waals surface area contributed by atoms with Crippen molar-refractivity contribution in [2.24, 2.45) is 0 Å². The van der Waals surface area contributed by atoms with E-state index in [-0.39, 0.29) is 5.60 Å². The quantitative estimate of drug-likeness (QED) is 0.520. The molecule has 0 aromatic carbocycles. The Hall–Kier alpha value is 0.573. The summed E-state index contributed by atoms with van der Waals surface area (Å²) in [6.45, 7) is 6.73. The summed E-state index contributed by atoms with van der Waals surface area (Å²) in [5.74, 6) is 0. The van der Waals surface area contributed by atoms with E-state index in [2.05, 4.69) is 18.4 Å². The molecule has 0 aliphatic carbocycles. The van der Waals surface area contributed by atoms with Gasteiger partial charge in [0.05, 0.1) is 5.60 Å². The summed E-state index contributed by atoms with van der Waals surface area (Å²) in [6, 6.07) is 0. The number of rotatable bonds is 1. The van der Waals surface area contributed by atoms with Crippen LogP contribution in [0.4, 0.5) is 0 Å². The van der Waals surface area contributed by atoms with Gasteiger partial charge in [0, 0.05) is 0 Å². The molecule has 0 radical (unpaired) electrons. The maximum absolute atomic E-state index is 9.47. The van der Waals surface area contributed by atoms with Gasteiger partial charge in [-0.3, -0.25) is 0 Å². The second kappa shape index (κ2) is 6.69. The fraction of sp³-hybridized carbons (Fsp3) is 0.800. The van der Waals surface area contributed by atoms with Crippen molar-refractivity contribution in [3.05, 3.63) is 0 Å². The maximum atomic E-state index is 9.47. The molecule has 0 unspecified atom stereocenters. The number of hydrogen-bond acceptors (Lipinski definition) is 2. The first kappa shape index (κ1) is 12.3. The molecule has 4 heteroatoms. The van der Waals surface area contributed by atoms with Crippen LogP contribution in [0.3, 0.4) is 0 Å². The van der Waals surface area contributed by atoms with E-state index in [9.17, 15) is 4.79 Å². The Kier molecular flexibility index (Phi) is 9.12. The molecule has 50 valence electrons. The molecular weight excluding hydrogens is 237 g/mol. The van der Waals surface area contributed by atoms with Crippen LogP contribution in [0.5, 0.6) is 0 Å². The average molecular weight is 246 g/mol. The summed E-state index contributed by atoms with van der Waals surface area (Å²) in [5, 5.41) is 0. The normalized spacial score (nSPS) is 9.11. The molecule has 0 aliphatic rings. The van der Waals surface area contributed by atoms with Gasteiger partial charge in [-0.05, 0) is 20.8 Å². The number of ether oxygens (including phenoxy) is 1. The number of carbonyl (C=O) groups excluding carboxylic acids is 1. The van der Waals surface area contributed by atoms with Gasteiger partial charge in [0.15, 0.2) is 0 Å². The molecule has 0 aliphatic heterocycles. The first-order chi connectivity index (χ1) is 4.06. The topological polar surface area (TPSA) is 26.3 Å². The molecule has 0 rings (SSSR count). The Bertz CT molecular complexity index is 69.8. The third kappa shape index (κ3) is 17.7. The summed E-state index contributed by atoms with van der Waals surface area (Å²) >= 11 is 4.25. The van der Waals surface area contributed by atoms with E-state index in [0.717, 1.165) is 0 Å².